The fourth-order valence-electron chi connectivity index (χ4n) is 3.61. The van der Waals surface area contributed by atoms with Crippen molar-refractivity contribution < 1.29 is 24.9 Å². The second-order valence-corrected chi connectivity index (χ2v) is 7.33. The van der Waals surface area contributed by atoms with Gasteiger partial charge in [-0.1, -0.05) is 12.1 Å². The number of rotatable bonds is 6. The van der Waals surface area contributed by atoms with E-state index in [9.17, 15) is 20.1 Å². The van der Waals surface area contributed by atoms with E-state index < -0.39 is 43.0 Å². The topological polar surface area (TPSA) is 195 Å². The molecule has 8 N–H and O–H groups in total. The number of ether oxygens (including phenoxy) is 1. The van der Waals surface area contributed by atoms with Gasteiger partial charge in [0.15, 0.2) is 17.7 Å². The molecule has 1 aromatic carbocycles. The Kier molecular flexibility index (Phi) is 5.69. The number of benzene rings is 1. The number of carbonyl (C=O) groups excluding carboxylic acids is 1. The van der Waals surface area contributed by atoms with Gasteiger partial charge in [0.2, 0.25) is 5.91 Å². The highest BCUT2D eigenvalue weighted by Crippen LogP contribution is 2.32. The molecule has 1 fully saturated rings. The highest BCUT2D eigenvalue weighted by molar-refractivity contribution is 5.82. The Balaban J connectivity index is 1.49. The number of amides is 1. The van der Waals surface area contributed by atoms with Gasteiger partial charge >= 0.3 is 0 Å². The molecule has 31 heavy (non-hydrogen) atoms. The Morgan fingerprint density at radius 1 is 1.26 bits per heavy atom. The van der Waals surface area contributed by atoms with Gasteiger partial charge in [-0.05, 0) is 24.1 Å². The molecule has 0 aliphatic carbocycles. The van der Waals surface area contributed by atoms with Crippen molar-refractivity contribution in [3.05, 3.63) is 42.5 Å². The zero-order valence-electron chi connectivity index (χ0n) is 16.4. The van der Waals surface area contributed by atoms with E-state index >= 15 is 0 Å². The summed E-state index contributed by atoms with van der Waals surface area (Å²) in [6, 6.07) is 4.53. The summed E-state index contributed by atoms with van der Waals surface area (Å²) < 4.78 is 7.25. The molecular weight excluding hydrogens is 406 g/mol. The van der Waals surface area contributed by atoms with Crippen molar-refractivity contribution >= 4 is 22.9 Å². The molecule has 0 spiro atoms. The molecule has 1 aliphatic rings. The van der Waals surface area contributed by atoms with E-state index in [-0.39, 0.29) is 18.0 Å². The highest BCUT2D eigenvalue weighted by atomic mass is 16.5. The second-order valence-electron chi connectivity index (χ2n) is 7.33. The standard InChI is InChI=1S/C19H23N7O5/c20-11(5-9-1-3-10(28)4-2-9)18(30)25-13-12(6-27)31-19(15(13)29)26-8-24-14-16(21)22-7-23-17(14)26/h1-4,7-8,11-13,15,19,27-29H,5-6,20H2,(H,25,30)(H2,21,22,23)/t11-,12-,13-,15-,19-/m1/s1. The number of aromatic hydroxyl groups is 1. The molecule has 164 valence electrons. The first-order chi connectivity index (χ1) is 14.9. The quantitative estimate of drug-likeness (QED) is 0.266. The fourth-order valence-corrected chi connectivity index (χ4v) is 3.61. The van der Waals surface area contributed by atoms with E-state index in [1.54, 1.807) is 12.1 Å². The van der Waals surface area contributed by atoms with Gasteiger partial charge in [-0.25, -0.2) is 15.0 Å². The van der Waals surface area contributed by atoms with Crippen LogP contribution in [0.5, 0.6) is 5.75 Å². The molecular formula is C19H23N7O5. The van der Waals surface area contributed by atoms with Gasteiger partial charge in [-0.15, -0.1) is 0 Å². The lowest BCUT2D eigenvalue weighted by Gasteiger charge is -2.23. The number of phenolic OH excluding ortho intramolecular Hbond substituents is 1. The lowest BCUT2D eigenvalue weighted by molar-refractivity contribution is -0.124. The molecule has 12 heteroatoms. The summed E-state index contributed by atoms with van der Waals surface area (Å²) in [7, 11) is 0. The van der Waals surface area contributed by atoms with E-state index in [1.165, 1.54) is 29.4 Å². The van der Waals surface area contributed by atoms with Crippen molar-refractivity contribution in [3.8, 4) is 5.75 Å². The molecule has 3 heterocycles. The number of imidazole rings is 1. The Bertz CT molecular complexity index is 1070. The number of nitrogen functional groups attached to an aromatic ring is 1. The van der Waals surface area contributed by atoms with Crippen molar-refractivity contribution in [1.82, 2.24) is 24.8 Å². The number of nitrogens with zero attached hydrogens (tertiary/aromatic N) is 4. The molecule has 0 unspecified atom stereocenters. The molecule has 1 saturated heterocycles. The largest absolute Gasteiger partial charge is 0.508 e. The van der Waals surface area contributed by atoms with Gasteiger partial charge in [-0.2, -0.15) is 0 Å². The number of hydrogen-bond acceptors (Lipinski definition) is 10. The van der Waals surface area contributed by atoms with E-state index in [0.717, 1.165) is 5.56 Å². The minimum Gasteiger partial charge on any atom is -0.508 e. The van der Waals surface area contributed by atoms with Crippen molar-refractivity contribution in [1.29, 1.82) is 0 Å². The Morgan fingerprint density at radius 2 is 2.00 bits per heavy atom. The number of fused-ring (bicyclic) bond motifs is 1. The van der Waals surface area contributed by atoms with Gasteiger partial charge in [0.25, 0.3) is 0 Å². The number of hydrogen-bond donors (Lipinski definition) is 6. The SMILES string of the molecule is Nc1ncnc2c1ncn2[C@@H]1O[C@H](CO)[C@@H](NC(=O)[C@H](N)Cc2ccc(O)cc2)[C@H]1O. The van der Waals surface area contributed by atoms with Crippen molar-refractivity contribution in [2.75, 3.05) is 12.3 Å². The molecule has 1 aliphatic heterocycles. The fraction of sp³-hybridized carbons (Fsp3) is 0.368. The first-order valence-corrected chi connectivity index (χ1v) is 9.60. The molecule has 0 bridgehead atoms. The van der Waals surface area contributed by atoms with Crippen LogP contribution in [0, 0.1) is 0 Å². The first kappa shape index (κ1) is 20.9. The average molecular weight is 429 g/mol. The molecule has 0 saturated carbocycles. The van der Waals surface area contributed by atoms with Gasteiger partial charge in [0.05, 0.1) is 25.0 Å². The maximum Gasteiger partial charge on any atom is 0.237 e. The van der Waals surface area contributed by atoms with Gasteiger partial charge in [0.1, 0.15) is 29.8 Å². The van der Waals surface area contributed by atoms with Crippen LogP contribution in [0.25, 0.3) is 11.2 Å². The minimum atomic E-state index is -1.21. The predicted octanol–water partition coefficient (Wildman–Crippen LogP) is -1.58. The summed E-state index contributed by atoms with van der Waals surface area (Å²) in [4.78, 5) is 24.8. The Labute approximate surface area is 176 Å². The van der Waals surface area contributed by atoms with Crippen LogP contribution >= 0.6 is 0 Å². The minimum absolute atomic E-state index is 0.115. The third-order valence-corrected chi connectivity index (χ3v) is 5.25. The maximum atomic E-state index is 12.6. The molecule has 3 aromatic rings. The second kappa shape index (κ2) is 8.43. The summed E-state index contributed by atoms with van der Waals surface area (Å²) in [6.45, 7) is -0.435. The summed E-state index contributed by atoms with van der Waals surface area (Å²) in [5, 5.41) is 32.6. The number of aliphatic hydroxyl groups excluding tert-OH is 2. The van der Waals surface area contributed by atoms with Crippen LogP contribution < -0.4 is 16.8 Å². The van der Waals surface area contributed by atoms with E-state index in [1.807, 2.05) is 0 Å². The maximum absolute atomic E-state index is 12.6. The van der Waals surface area contributed by atoms with Crippen LogP contribution in [0.15, 0.2) is 36.9 Å². The van der Waals surface area contributed by atoms with Crippen molar-refractivity contribution in [3.63, 3.8) is 0 Å². The Hall–Kier alpha value is -3.32. The molecule has 12 nitrogen and oxygen atoms in total. The van der Waals surface area contributed by atoms with Crippen molar-refractivity contribution in [2.24, 2.45) is 5.73 Å². The predicted molar refractivity (Wildman–Crippen MR) is 108 cm³/mol. The average Bonchev–Trinajstić information content (AvgIpc) is 3.32. The lowest BCUT2D eigenvalue weighted by Crippen LogP contribution is -2.53. The summed E-state index contributed by atoms with van der Waals surface area (Å²) in [6.07, 6.45) is -0.154. The third-order valence-electron chi connectivity index (χ3n) is 5.25. The number of nitrogens with two attached hydrogens (primary N) is 2. The normalized spacial score (nSPS) is 24.4. The number of anilines is 1. The number of aromatic nitrogens is 4. The first-order valence-electron chi connectivity index (χ1n) is 9.60. The monoisotopic (exact) mass is 429 g/mol. The molecule has 5 atom stereocenters. The van der Waals surface area contributed by atoms with Gasteiger partial charge in [0, 0.05) is 0 Å². The summed E-state index contributed by atoms with van der Waals surface area (Å²) in [5.74, 6) is -0.217. The number of nitrogens with one attached hydrogen (secondary N) is 1. The number of aliphatic hydroxyl groups is 2. The van der Waals surface area contributed by atoms with Crippen LogP contribution in [0.3, 0.4) is 0 Å². The van der Waals surface area contributed by atoms with Crippen LogP contribution in [0.4, 0.5) is 5.82 Å². The van der Waals surface area contributed by atoms with Crippen LogP contribution in [-0.2, 0) is 16.0 Å². The molecule has 4 rings (SSSR count). The van der Waals surface area contributed by atoms with Crippen LogP contribution in [-0.4, -0.2) is 71.6 Å². The van der Waals surface area contributed by atoms with Crippen LogP contribution in [0.2, 0.25) is 0 Å². The summed E-state index contributed by atoms with van der Waals surface area (Å²) >= 11 is 0. The molecule has 0 radical (unpaired) electrons. The zero-order chi connectivity index (χ0) is 22.1. The smallest absolute Gasteiger partial charge is 0.237 e. The Morgan fingerprint density at radius 3 is 2.71 bits per heavy atom. The zero-order valence-corrected chi connectivity index (χ0v) is 16.4. The highest BCUT2D eigenvalue weighted by Gasteiger charge is 2.46. The van der Waals surface area contributed by atoms with Crippen LogP contribution in [0.1, 0.15) is 11.8 Å². The van der Waals surface area contributed by atoms with Gasteiger partial charge in [-0.3, -0.25) is 9.36 Å². The number of carbonyl (C=O) groups is 1. The third kappa shape index (κ3) is 4.01. The van der Waals surface area contributed by atoms with E-state index in [2.05, 4.69) is 20.3 Å². The van der Waals surface area contributed by atoms with Crippen molar-refractivity contribution in [2.45, 2.75) is 36.9 Å². The lowest BCUT2D eigenvalue weighted by atomic mass is 10.0. The van der Waals surface area contributed by atoms with E-state index in [0.29, 0.717) is 11.2 Å². The molecule has 1 amide bonds. The van der Waals surface area contributed by atoms with Gasteiger partial charge < -0.3 is 36.8 Å². The molecule has 2 aromatic heterocycles. The number of phenols is 1. The summed E-state index contributed by atoms with van der Waals surface area (Å²) in [5.41, 5.74) is 13.3. The van der Waals surface area contributed by atoms with E-state index in [4.69, 9.17) is 16.2 Å².